The van der Waals surface area contributed by atoms with Gasteiger partial charge in [-0.05, 0) is 36.4 Å². The molecule has 0 radical (unpaired) electrons. The molecule has 3 heterocycles. The molecule has 0 unspecified atom stereocenters. The molecular weight excluding hydrogens is 557 g/mol. The first-order valence-electron chi connectivity index (χ1n) is 14.6. The lowest BCUT2D eigenvalue weighted by Gasteiger charge is -2.12. The van der Waals surface area contributed by atoms with E-state index in [9.17, 15) is 0 Å². The molecule has 0 saturated carbocycles. The van der Waals surface area contributed by atoms with Crippen molar-refractivity contribution in [3.8, 4) is 39.9 Å². The van der Waals surface area contributed by atoms with Crippen LogP contribution in [0.4, 0.5) is 0 Å². The molecule has 0 atom stereocenters. The fourth-order valence-electron chi connectivity index (χ4n) is 6.29. The van der Waals surface area contributed by atoms with Crippen molar-refractivity contribution in [3.63, 3.8) is 0 Å². The minimum Gasteiger partial charge on any atom is -0.309 e. The Morgan fingerprint density at radius 1 is 0.432 bits per heavy atom. The van der Waals surface area contributed by atoms with Crippen LogP contribution in [0.15, 0.2) is 146 Å². The van der Waals surface area contributed by atoms with Gasteiger partial charge in [0.15, 0.2) is 17.5 Å². The summed E-state index contributed by atoms with van der Waals surface area (Å²) in [5.41, 5.74) is 6.31. The number of rotatable bonds is 4. The predicted octanol–water partition coefficient (Wildman–Crippen LogP) is 10.3. The van der Waals surface area contributed by atoms with Gasteiger partial charge in [0, 0.05) is 53.3 Å². The van der Waals surface area contributed by atoms with Crippen LogP contribution in [0.3, 0.4) is 0 Å². The van der Waals surface area contributed by atoms with Gasteiger partial charge in [-0.15, -0.1) is 11.3 Å². The number of aromatic nitrogens is 4. The van der Waals surface area contributed by atoms with E-state index in [0.29, 0.717) is 17.5 Å². The van der Waals surface area contributed by atoms with Crippen LogP contribution in [0.1, 0.15) is 0 Å². The third-order valence-electron chi connectivity index (χ3n) is 8.25. The highest BCUT2D eigenvalue weighted by Gasteiger charge is 2.18. The lowest BCUT2D eigenvalue weighted by atomic mass is 10.1. The molecule has 0 aliphatic rings. The molecule has 44 heavy (non-hydrogen) atoms. The van der Waals surface area contributed by atoms with Gasteiger partial charge in [-0.3, -0.25) is 0 Å². The normalized spacial score (nSPS) is 11.6. The first-order chi connectivity index (χ1) is 21.8. The molecule has 206 valence electrons. The zero-order valence-electron chi connectivity index (χ0n) is 23.6. The van der Waals surface area contributed by atoms with Gasteiger partial charge in [0.2, 0.25) is 0 Å². The molecule has 0 saturated heterocycles. The highest BCUT2D eigenvalue weighted by molar-refractivity contribution is 7.25. The maximum Gasteiger partial charge on any atom is 0.164 e. The van der Waals surface area contributed by atoms with Crippen LogP contribution in [0.5, 0.6) is 0 Å². The Balaban J connectivity index is 1.28. The average molecular weight is 581 g/mol. The second-order valence-corrected chi connectivity index (χ2v) is 12.0. The Kier molecular flexibility index (Phi) is 5.64. The molecule has 9 aromatic rings. The van der Waals surface area contributed by atoms with Gasteiger partial charge in [0.25, 0.3) is 0 Å². The van der Waals surface area contributed by atoms with Crippen LogP contribution < -0.4 is 0 Å². The molecular formula is C39H24N4S. The van der Waals surface area contributed by atoms with Crippen LogP contribution in [0.25, 0.3) is 81.8 Å². The van der Waals surface area contributed by atoms with E-state index in [-0.39, 0.29) is 0 Å². The summed E-state index contributed by atoms with van der Waals surface area (Å²) < 4.78 is 4.80. The molecule has 0 spiro atoms. The molecule has 0 amide bonds. The number of hydrogen-bond acceptors (Lipinski definition) is 4. The SMILES string of the molecule is c1ccc(-c2nc(-c3cccc(-n4c5ccccc5c5ccccc54)c3)nc(-c3cccc4sc5ccccc5c34)n2)cc1. The summed E-state index contributed by atoms with van der Waals surface area (Å²) in [6, 6.07) is 50.8. The van der Waals surface area contributed by atoms with E-state index in [1.807, 2.05) is 18.2 Å². The molecule has 9 rings (SSSR count). The zero-order chi connectivity index (χ0) is 29.0. The van der Waals surface area contributed by atoms with Crippen molar-refractivity contribution in [1.29, 1.82) is 0 Å². The molecule has 3 aromatic heterocycles. The molecule has 0 N–H and O–H groups in total. The van der Waals surface area contributed by atoms with Crippen molar-refractivity contribution in [3.05, 3.63) is 146 Å². The molecule has 0 aliphatic heterocycles. The number of fused-ring (bicyclic) bond motifs is 6. The number of para-hydroxylation sites is 2. The standard InChI is InChI=1S/C39H24N4S/c1-2-12-25(13-3-1)37-40-38(42-39(41-37)31-19-11-23-35-36(31)30-18-6-9-22-34(30)44-35)26-14-10-15-27(24-26)43-32-20-7-4-16-28(32)29-17-5-8-21-33(29)43/h1-24H. The van der Waals surface area contributed by atoms with E-state index in [1.54, 1.807) is 11.3 Å². The minimum absolute atomic E-state index is 0.646. The van der Waals surface area contributed by atoms with Gasteiger partial charge >= 0.3 is 0 Å². The van der Waals surface area contributed by atoms with Gasteiger partial charge < -0.3 is 4.57 Å². The van der Waals surface area contributed by atoms with Crippen LogP contribution in [0.2, 0.25) is 0 Å². The van der Waals surface area contributed by atoms with Gasteiger partial charge in [-0.1, -0.05) is 109 Å². The lowest BCUT2D eigenvalue weighted by Crippen LogP contribution is -2.01. The summed E-state index contributed by atoms with van der Waals surface area (Å²) in [6.45, 7) is 0. The second kappa shape index (κ2) is 9.97. The highest BCUT2D eigenvalue weighted by Crippen LogP contribution is 2.40. The molecule has 0 aliphatic carbocycles. The van der Waals surface area contributed by atoms with Crippen LogP contribution in [-0.4, -0.2) is 19.5 Å². The average Bonchev–Trinajstić information content (AvgIpc) is 3.65. The Morgan fingerprint density at radius 2 is 1.00 bits per heavy atom. The summed E-state index contributed by atoms with van der Waals surface area (Å²) in [5.74, 6) is 1.97. The van der Waals surface area contributed by atoms with Gasteiger partial charge in [-0.2, -0.15) is 0 Å². The number of nitrogens with zero attached hydrogens (tertiary/aromatic N) is 4. The van der Waals surface area contributed by atoms with Crippen molar-refractivity contribution in [1.82, 2.24) is 19.5 Å². The highest BCUT2D eigenvalue weighted by atomic mass is 32.1. The van der Waals surface area contributed by atoms with Crippen molar-refractivity contribution in [2.24, 2.45) is 0 Å². The summed E-state index contributed by atoms with van der Waals surface area (Å²) in [4.78, 5) is 15.3. The van der Waals surface area contributed by atoms with Crippen LogP contribution >= 0.6 is 11.3 Å². The van der Waals surface area contributed by atoms with Crippen molar-refractivity contribution in [2.45, 2.75) is 0 Å². The molecule has 0 bridgehead atoms. The summed E-state index contributed by atoms with van der Waals surface area (Å²) >= 11 is 1.80. The van der Waals surface area contributed by atoms with Crippen molar-refractivity contribution < 1.29 is 0 Å². The summed E-state index contributed by atoms with van der Waals surface area (Å²) in [5, 5.41) is 4.87. The Labute approximate surface area is 257 Å². The Hall–Kier alpha value is -5.65. The second-order valence-electron chi connectivity index (χ2n) is 10.9. The smallest absolute Gasteiger partial charge is 0.164 e. The van der Waals surface area contributed by atoms with Crippen LogP contribution in [0, 0.1) is 0 Å². The van der Waals surface area contributed by atoms with Gasteiger partial charge in [0.1, 0.15) is 0 Å². The summed E-state index contributed by atoms with van der Waals surface area (Å²) in [6.07, 6.45) is 0. The number of hydrogen-bond donors (Lipinski definition) is 0. The predicted molar refractivity (Wildman–Crippen MR) is 183 cm³/mol. The third kappa shape index (κ3) is 3.94. The Morgan fingerprint density at radius 3 is 1.77 bits per heavy atom. The van der Waals surface area contributed by atoms with Gasteiger partial charge in [-0.25, -0.2) is 15.0 Å². The maximum atomic E-state index is 5.16. The lowest BCUT2D eigenvalue weighted by molar-refractivity contribution is 1.07. The fraction of sp³-hybridized carbons (Fsp3) is 0. The largest absolute Gasteiger partial charge is 0.309 e. The first-order valence-corrected chi connectivity index (χ1v) is 15.4. The van der Waals surface area contributed by atoms with E-state index >= 15 is 0 Å². The minimum atomic E-state index is 0.646. The Bertz CT molecular complexity index is 2460. The van der Waals surface area contributed by atoms with Crippen molar-refractivity contribution in [2.75, 3.05) is 0 Å². The molecule has 4 nitrogen and oxygen atoms in total. The molecule has 6 aromatic carbocycles. The maximum absolute atomic E-state index is 5.16. The van der Waals surface area contributed by atoms with E-state index in [4.69, 9.17) is 15.0 Å². The zero-order valence-corrected chi connectivity index (χ0v) is 24.4. The molecule has 0 fully saturated rings. The first kappa shape index (κ1) is 24.9. The molecule has 5 heteroatoms. The monoisotopic (exact) mass is 580 g/mol. The summed E-state index contributed by atoms with van der Waals surface area (Å²) in [7, 11) is 0. The van der Waals surface area contributed by atoms with E-state index in [2.05, 4.69) is 132 Å². The fourth-order valence-corrected chi connectivity index (χ4v) is 7.42. The van der Waals surface area contributed by atoms with Crippen molar-refractivity contribution >= 4 is 53.3 Å². The third-order valence-corrected chi connectivity index (χ3v) is 9.39. The van der Waals surface area contributed by atoms with E-state index in [0.717, 1.165) is 22.4 Å². The quantitative estimate of drug-likeness (QED) is 0.208. The number of benzene rings is 6. The van der Waals surface area contributed by atoms with Crippen LogP contribution in [-0.2, 0) is 0 Å². The number of thiophene rings is 1. The van der Waals surface area contributed by atoms with E-state index < -0.39 is 0 Å². The van der Waals surface area contributed by atoms with Gasteiger partial charge in [0.05, 0.1) is 11.0 Å². The topological polar surface area (TPSA) is 43.6 Å². The van der Waals surface area contributed by atoms with E-state index in [1.165, 1.54) is 42.0 Å².